The number of benzene rings is 1. The molecule has 134 valence electrons. The number of amides is 2. The van der Waals surface area contributed by atoms with Crippen LogP contribution in [-0.4, -0.2) is 57.6 Å². The van der Waals surface area contributed by atoms with Gasteiger partial charge in [-0.1, -0.05) is 26.0 Å². The summed E-state index contributed by atoms with van der Waals surface area (Å²) in [7, 11) is 0. The molecule has 0 aliphatic carbocycles. The average Bonchev–Trinajstić information content (AvgIpc) is 3.33. The van der Waals surface area contributed by atoms with E-state index < -0.39 is 0 Å². The minimum Gasteiger partial charge on any atom is -0.334 e. The maximum Gasteiger partial charge on any atom is 0.317 e. The molecule has 1 aliphatic heterocycles. The van der Waals surface area contributed by atoms with Gasteiger partial charge >= 0.3 is 6.03 Å². The number of nitrogens with zero attached hydrogens (tertiary/aromatic N) is 4. The maximum absolute atomic E-state index is 12.5. The highest BCUT2D eigenvalue weighted by Crippen LogP contribution is 2.16. The summed E-state index contributed by atoms with van der Waals surface area (Å²) in [6.45, 7) is 8.63. The first-order valence-corrected chi connectivity index (χ1v) is 9.05. The van der Waals surface area contributed by atoms with E-state index in [1.165, 1.54) is 0 Å². The van der Waals surface area contributed by atoms with Crippen LogP contribution in [0.1, 0.15) is 25.8 Å². The Bertz CT molecular complexity index is 681. The Kier molecular flexibility index (Phi) is 5.71. The zero-order valence-corrected chi connectivity index (χ0v) is 15.1. The van der Waals surface area contributed by atoms with Gasteiger partial charge < -0.3 is 14.8 Å². The standard InChI is InChI=1S/C19H27N5O/c1-3-22(4-2)18-8-10-23(14-18)19(25)21-13-16-6-5-7-17(12-16)24-11-9-20-15-24/h5-7,9,11-12,15,18H,3-4,8,10,13-14H2,1-2H3,(H,21,25)/t18-/m1/s1. The van der Waals surface area contributed by atoms with Crippen molar-refractivity contribution < 1.29 is 4.79 Å². The molecule has 2 aromatic rings. The molecule has 1 aliphatic rings. The Morgan fingerprint density at radius 3 is 2.92 bits per heavy atom. The molecule has 6 nitrogen and oxygen atoms in total. The predicted molar refractivity (Wildman–Crippen MR) is 98.7 cm³/mol. The number of carbonyl (C=O) groups excluding carboxylic acids is 1. The number of nitrogens with one attached hydrogen (secondary N) is 1. The Morgan fingerprint density at radius 2 is 2.20 bits per heavy atom. The smallest absolute Gasteiger partial charge is 0.317 e. The number of imidazole rings is 1. The topological polar surface area (TPSA) is 53.4 Å². The van der Waals surface area contributed by atoms with E-state index in [9.17, 15) is 4.79 Å². The second-order valence-electron chi connectivity index (χ2n) is 6.41. The quantitative estimate of drug-likeness (QED) is 0.878. The molecule has 1 atom stereocenters. The summed E-state index contributed by atoms with van der Waals surface area (Å²) in [5.74, 6) is 0. The lowest BCUT2D eigenvalue weighted by molar-refractivity contribution is 0.192. The van der Waals surface area contributed by atoms with E-state index in [1.807, 2.05) is 33.9 Å². The second-order valence-corrected chi connectivity index (χ2v) is 6.41. The van der Waals surface area contributed by atoms with Gasteiger partial charge in [-0.2, -0.15) is 0 Å². The van der Waals surface area contributed by atoms with Crippen LogP contribution in [0.15, 0.2) is 43.0 Å². The van der Waals surface area contributed by atoms with Gasteiger partial charge in [0, 0.05) is 43.8 Å². The van der Waals surface area contributed by atoms with Gasteiger partial charge in [-0.05, 0) is 37.2 Å². The normalized spacial score (nSPS) is 17.2. The zero-order valence-electron chi connectivity index (χ0n) is 15.1. The van der Waals surface area contributed by atoms with E-state index in [1.54, 1.807) is 12.5 Å². The van der Waals surface area contributed by atoms with E-state index in [-0.39, 0.29) is 6.03 Å². The summed E-state index contributed by atoms with van der Waals surface area (Å²) in [6, 6.07) is 8.66. The van der Waals surface area contributed by atoms with Crippen LogP contribution in [0, 0.1) is 0 Å². The molecule has 0 spiro atoms. The van der Waals surface area contributed by atoms with E-state index in [0.29, 0.717) is 12.6 Å². The van der Waals surface area contributed by atoms with Crippen LogP contribution in [0.3, 0.4) is 0 Å². The summed E-state index contributed by atoms with van der Waals surface area (Å²) in [5, 5.41) is 3.05. The van der Waals surface area contributed by atoms with Gasteiger partial charge in [0.1, 0.15) is 0 Å². The van der Waals surface area contributed by atoms with Gasteiger partial charge in [0.05, 0.1) is 6.33 Å². The fourth-order valence-corrected chi connectivity index (χ4v) is 3.49. The highest BCUT2D eigenvalue weighted by atomic mass is 16.2. The van der Waals surface area contributed by atoms with Crippen LogP contribution in [0.5, 0.6) is 0 Å². The molecule has 2 amide bonds. The van der Waals surface area contributed by atoms with Gasteiger partial charge in [-0.15, -0.1) is 0 Å². The number of carbonyl (C=O) groups is 1. The van der Waals surface area contributed by atoms with Crippen LogP contribution in [0.4, 0.5) is 4.79 Å². The first-order chi connectivity index (χ1) is 12.2. The molecule has 1 aromatic carbocycles. The molecule has 1 aromatic heterocycles. The number of likely N-dealkylation sites (tertiary alicyclic amines) is 1. The second kappa shape index (κ2) is 8.16. The Morgan fingerprint density at radius 1 is 1.36 bits per heavy atom. The number of aromatic nitrogens is 2. The molecule has 0 unspecified atom stereocenters. The largest absolute Gasteiger partial charge is 0.334 e. The zero-order chi connectivity index (χ0) is 17.6. The van der Waals surface area contributed by atoms with Crippen molar-refractivity contribution in [1.29, 1.82) is 0 Å². The van der Waals surface area contributed by atoms with Crippen molar-refractivity contribution in [1.82, 2.24) is 24.7 Å². The van der Waals surface area contributed by atoms with E-state index in [4.69, 9.17) is 0 Å². The molecule has 3 rings (SSSR count). The lowest BCUT2D eigenvalue weighted by atomic mass is 10.2. The SMILES string of the molecule is CCN(CC)[C@@H]1CCN(C(=O)NCc2cccc(-n3ccnc3)c2)C1. The highest BCUT2D eigenvalue weighted by Gasteiger charge is 2.28. The molecular formula is C19H27N5O. The van der Waals surface area contributed by atoms with Crippen molar-refractivity contribution in [3.63, 3.8) is 0 Å². The van der Waals surface area contributed by atoms with Crippen LogP contribution in [0.25, 0.3) is 5.69 Å². The molecule has 1 N–H and O–H groups in total. The van der Waals surface area contributed by atoms with Gasteiger partial charge in [0.25, 0.3) is 0 Å². The van der Waals surface area contributed by atoms with Gasteiger partial charge in [0.15, 0.2) is 0 Å². The van der Waals surface area contributed by atoms with Crippen molar-refractivity contribution in [3.05, 3.63) is 48.5 Å². The third-order valence-corrected chi connectivity index (χ3v) is 4.94. The summed E-state index contributed by atoms with van der Waals surface area (Å²) in [6.07, 6.45) is 6.50. The molecule has 1 saturated heterocycles. The van der Waals surface area contributed by atoms with Crippen molar-refractivity contribution in [3.8, 4) is 5.69 Å². The molecular weight excluding hydrogens is 314 g/mol. The highest BCUT2D eigenvalue weighted by molar-refractivity contribution is 5.74. The van der Waals surface area contributed by atoms with Crippen molar-refractivity contribution in [2.75, 3.05) is 26.2 Å². The monoisotopic (exact) mass is 341 g/mol. The number of urea groups is 1. The third kappa shape index (κ3) is 4.20. The molecule has 0 saturated carbocycles. The number of hydrogen-bond acceptors (Lipinski definition) is 3. The first-order valence-electron chi connectivity index (χ1n) is 9.05. The Hall–Kier alpha value is -2.34. The van der Waals surface area contributed by atoms with E-state index >= 15 is 0 Å². The first kappa shape index (κ1) is 17.5. The van der Waals surface area contributed by atoms with Crippen LogP contribution in [0.2, 0.25) is 0 Å². The van der Waals surface area contributed by atoms with Gasteiger partial charge in [-0.25, -0.2) is 9.78 Å². The fourth-order valence-electron chi connectivity index (χ4n) is 3.49. The number of likely N-dealkylation sites (N-methyl/N-ethyl adjacent to an activating group) is 1. The minimum absolute atomic E-state index is 0.0303. The fraction of sp³-hybridized carbons (Fsp3) is 0.474. The van der Waals surface area contributed by atoms with E-state index in [2.05, 4.69) is 35.1 Å². The summed E-state index contributed by atoms with van der Waals surface area (Å²) < 4.78 is 1.96. The third-order valence-electron chi connectivity index (χ3n) is 4.94. The number of rotatable bonds is 6. The molecule has 25 heavy (non-hydrogen) atoms. The summed E-state index contributed by atoms with van der Waals surface area (Å²) in [4.78, 5) is 20.9. The summed E-state index contributed by atoms with van der Waals surface area (Å²) >= 11 is 0. The van der Waals surface area contributed by atoms with Crippen LogP contribution < -0.4 is 5.32 Å². The summed E-state index contributed by atoms with van der Waals surface area (Å²) in [5.41, 5.74) is 2.13. The van der Waals surface area contributed by atoms with Crippen molar-refractivity contribution in [2.45, 2.75) is 32.9 Å². The molecule has 2 heterocycles. The van der Waals surface area contributed by atoms with Crippen LogP contribution in [-0.2, 0) is 6.54 Å². The van der Waals surface area contributed by atoms with Crippen molar-refractivity contribution in [2.24, 2.45) is 0 Å². The lowest BCUT2D eigenvalue weighted by Crippen LogP contribution is -2.42. The van der Waals surface area contributed by atoms with Gasteiger partial charge in [0.2, 0.25) is 0 Å². The Balaban J connectivity index is 1.54. The van der Waals surface area contributed by atoms with Crippen LogP contribution >= 0.6 is 0 Å². The lowest BCUT2D eigenvalue weighted by Gasteiger charge is -2.26. The molecule has 0 radical (unpaired) electrons. The Labute approximate surface area is 149 Å². The molecule has 6 heteroatoms. The minimum atomic E-state index is 0.0303. The van der Waals surface area contributed by atoms with E-state index in [0.717, 1.165) is 43.9 Å². The maximum atomic E-state index is 12.5. The number of hydrogen-bond donors (Lipinski definition) is 1. The molecule has 0 bridgehead atoms. The van der Waals surface area contributed by atoms with Crippen molar-refractivity contribution >= 4 is 6.03 Å². The predicted octanol–water partition coefficient (Wildman–Crippen LogP) is 2.50. The van der Waals surface area contributed by atoms with Gasteiger partial charge in [-0.3, -0.25) is 4.90 Å². The molecule has 1 fully saturated rings. The average molecular weight is 341 g/mol.